The number of hydrogen-bond acceptors (Lipinski definition) is 7. The van der Waals surface area contributed by atoms with Gasteiger partial charge in [0.25, 0.3) is 0 Å². The number of methoxy groups -OCH3 is 2. The summed E-state index contributed by atoms with van der Waals surface area (Å²) in [6.07, 6.45) is 1.24. The van der Waals surface area contributed by atoms with Crippen LogP contribution in [0, 0.1) is 0 Å². The number of carboxylic acids is 1. The summed E-state index contributed by atoms with van der Waals surface area (Å²) < 4.78 is 10.3. The molecule has 23 heavy (non-hydrogen) atoms. The SMILES string of the molecule is COc1ccc(/C=N\N=C2/NC(=O)[C@@H](CC(=O)O)S2)cc1OC. The highest BCUT2D eigenvalue weighted by atomic mass is 32.2. The Morgan fingerprint density at radius 1 is 1.39 bits per heavy atom. The molecule has 1 aliphatic heterocycles. The highest BCUT2D eigenvalue weighted by Crippen LogP contribution is 2.27. The number of amidine groups is 1. The molecule has 1 fully saturated rings. The van der Waals surface area contributed by atoms with E-state index in [1.807, 2.05) is 0 Å². The van der Waals surface area contributed by atoms with Gasteiger partial charge in [0.15, 0.2) is 16.7 Å². The normalized spacial score (nSPS) is 19.1. The zero-order chi connectivity index (χ0) is 16.8. The van der Waals surface area contributed by atoms with Gasteiger partial charge in [0, 0.05) is 0 Å². The van der Waals surface area contributed by atoms with Crippen molar-refractivity contribution in [1.29, 1.82) is 0 Å². The number of amides is 1. The predicted octanol–water partition coefficient (Wildman–Crippen LogP) is 1.10. The monoisotopic (exact) mass is 337 g/mol. The van der Waals surface area contributed by atoms with Crippen molar-refractivity contribution in [2.45, 2.75) is 11.7 Å². The first-order valence-corrected chi connectivity index (χ1v) is 7.44. The van der Waals surface area contributed by atoms with Crippen molar-refractivity contribution in [3.8, 4) is 11.5 Å². The number of nitrogens with zero attached hydrogens (tertiary/aromatic N) is 2. The Balaban J connectivity index is 2.04. The lowest BCUT2D eigenvalue weighted by atomic mass is 10.2. The summed E-state index contributed by atoms with van der Waals surface area (Å²) in [7, 11) is 3.08. The molecule has 0 aromatic heterocycles. The van der Waals surface area contributed by atoms with E-state index in [1.165, 1.54) is 13.3 Å². The van der Waals surface area contributed by atoms with E-state index in [0.29, 0.717) is 11.5 Å². The maximum absolute atomic E-state index is 11.5. The molecule has 0 unspecified atom stereocenters. The smallest absolute Gasteiger partial charge is 0.305 e. The second-order valence-electron chi connectivity index (χ2n) is 4.46. The third-order valence-electron chi connectivity index (χ3n) is 2.90. The second-order valence-corrected chi connectivity index (χ2v) is 5.65. The van der Waals surface area contributed by atoms with Crippen LogP contribution in [0.4, 0.5) is 0 Å². The minimum Gasteiger partial charge on any atom is -0.493 e. The number of carbonyl (C=O) groups excluding carboxylic acids is 1. The van der Waals surface area contributed by atoms with Gasteiger partial charge < -0.3 is 19.9 Å². The first-order valence-electron chi connectivity index (χ1n) is 6.56. The minimum atomic E-state index is -1.03. The molecule has 1 aromatic carbocycles. The van der Waals surface area contributed by atoms with Crippen molar-refractivity contribution in [3.05, 3.63) is 23.8 Å². The van der Waals surface area contributed by atoms with E-state index in [1.54, 1.807) is 25.3 Å². The topological polar surface area (TPSA) is 110 Å². The third kappa shape index (κ3) is 4.46. The maximum atomic E-state index is 11.5. The number of hydrogen-bond donors (Lipinski definition) is 2. The van der Waals surface area contributed by atoms with Crippen LogP contribution in [0.1, 0.15) is 12.0 Å². The van der Waals surface area contributed by atoms with Crippen molar-refractivity contribution in [2.75, 3.05) is 14.2 Å². The molecule has 122 valence electrons. The van der Waals surface area contributed by atoms with Gasteiger partial charge in [-0.15, -0.1) is 5.10 Å². The Labute approximate surface area is 136 Å². The van der Waals surface area contributed by atoms with Gasteiger partial charge in [0.05, 0.1) is 26.9 Å². The molecule has 1 atom stereocenters. The van der Waals surface area contributed by atoms with E-state index in [4.69, 9.17) is 14.6 Å². The number of ether oxygens (including phenoxy) is 2. The van der Waals surface area contributed by atoms with Crippen LogP contribution in [0.2, 0.25) is 0 Å². The summed E-state index contributed by atoms with van der Waals surface area (Å²) in [6, 6.07) is 5.25. The fourth-order valence-corrected chi connectivity index (χ4v) is 2.74. The van der Waals surface area contributed by atoms with Crippen LogP contribution in [0.15, 0.2) is 28.4 Å². The van der Waals surface area contributed by atoms with Crippen LogP contribution in [0.25, 0.3) is 0 Å². The number of thioether (sulfide) groups is 1. The van der Waals surface area contributed by atoms with Crippen LogP contribution in [0.3, 0.4) is 0 Å². The largest absolute Gasteiger partial charge is 0.493 e. The number of aliphatic carboxylic acids is 1. The fourth-order valence-electron chi connectivity index (χ4n) is 1.83. The van der Waals surface area contributed by atoms with E-state index in [-0.39, 0.29) is 17.5 Å². The molecule has 0 saturated carbocycles. The number of rotatable bonds is 6. The van der Waals surface area contributed by atoms with Crippen molar-refractivity contribution >= 4 is 35.0 Å². The van der Waals surface area contributed by atoms with Gasteiger partial charge in [-0.05, 0) is 23.8 Å². The van der Waals surface area contributed by atoms with Crippen molar-refractivity contribution in [2.24, 2.45) is 10.2 Å². The van der Waals surface area contributed by atoms with Gasteiger partial charge in [-0.25, -0.2) is 0 Å². The molecule has 1 amide bonds. The lowest BCUT2D eigenvalue weighted by Crippen LogP contribution is -2.26. The van der Waals surface area contributed by atoms with Crippen LogP contribution in [-0.4, -0.2) is 47.8 Å². The standard InChI is InChI=1S/C14H15N3O5S/c1-21-9-4-3-8(5-10(9)22-2)7-15-17-14-16-13(20)11(23-14)6-12(18)19/h3-5,7,11H,6H2,1-2H3,(H,18,19)(H,16,17,20)/b15-7-/t11-/m1/s1. The quantitative estimate of drug-likeness (QED) is 0.594. The molecule has 9 heteroatoms. The summed E-state index contributed by atoms with van der Waals surface area (Å²) >= 11 is 1.05. The second kappa shape index (κ2) is 7.63. The van der Waals surface area contributed by atoms with Crippen LogP contribution >= 0.6 is 11.8 Å². The first kappa shape index (κ1) is 16.8. The Hall–Kier alpha value is -2.55. The van der Waals surface area contributed by atoms with Gasteiger partial charge in [0.1, 0.15) is 5.25 Å². The average Bonchev–Trinajstić information content (AvgIpc) is 2.86. The molecule has 1 aromatic rings. The summed E-state index contributed by atoms with van der Waals surface area (Å²) in [5, 5.41) is 18.6. The molecule has 0 radical (unpaired) electrons. The summed E-state index contributed by atoms with van der Waals surface area (Å²) in [4.78, 5) is 22.2. The Bertz CT molecular complexity index is 674. The number of carbonyl (C=O) groups is 2. The molecular weight excluding hydrogens is 322 g/mol. The molecule has 2 N–H and O–H groups in total. The van der Waals surface area contributed by atoms with Gasteiger partial charge in [0.2, 0.25) is 5.91 Å². The molecule has 8 nitrogen and oxygen atoms in total. The van der Waals surface area contributed by atoms with Gasteiger partial charge in [-0.1, -0.05) is 11.8 Å². The minimum absolute atomic E-state index is 0.255. The van der Waals surface area contributed by atoms with Crippen molar-refractivity contribution in [3.63, 3.8) is 0 Å². The van der Waals surface area contributed by atoms with Crippen LogP contribution < -0.4 is 14.8 Å². The highest BCUT2D eigenvalue weighted by Gasteiger charge is 2.32. The van der Waals surface area contributed by atoms with E-state index in [0.717, 1.165) is 17.3 Å². The highest BCUT2D eigenvalue weighted by molar-refractivity contribution is 8.15. The number of carboxylic acid groups (broad SMARTS) is 1. The van der Waals surface area contributed by atoms with Crippen molar-refractivity contribution in [1.82, 2.24) is 5.32 Å². The molecule has 1 heterocycles. The maximum Gasteiger partial charge on any atom is 0.305 e. The van der Waals surface area contributed by atoms with Crippen LogP contribution in [0.5, 0.6) is 11.5 Å². The summed E-state index contributed by atoms with van der Waals surface area (Å²) in [6.45, 7) is 0. The Morgan fingerprint density at radius 2 is 2.13 bits per heavy atom. The lowest BCUT2D eigenvalue weighted by Gasteiger charge is -2.07. The number of benzene rings is 1. The lowest BCUT2D eigenvalue weighted by molar-refractivity contribution is -0.138. The van der Waals surface area contributed by atoms with E-state index in [2.05, 4.69) is 15.5 Å². The van der Waals surface area contributed by atoms with Crippen LogP contribution in [-0.2, 0) is 9.59 Å². The molecule has 1 saturated heterocycles. The third-order valence-corrected chi connectivity index (χ3v) is 3.97. The summed E-state index contributed by atoms with van der Waals surface area (Å²) in [5.74, 6) is -0.245. The Kier molecular flexibility index (Phi) is 5.58. The van der Waals surface area contributed by atoms with E-state index >= 15 is 0 Å². The van der Waals surface area contributed by atoms with Gasteiger partial charge >= 0.3 is 5.97 Å². The molecule has 0 bridgehead atoms. The van der Waals surface area contributed by atoms with Gasteiger partial charge in [-0.3, -0.25) is 9.59 Å². The van der Waals surface area contributed by atoms with E-state index in [9.17, 15) is 9.59 Å². The predicted molar refractivity (Wildman–Crippen MR) is 86.3 cm³/mol. The number of nitrogens with one attached hydrogen (secondary N) is 1. The van der Waals surface area contributed by atoms with E-state index < -0.39 is 11.2 Å². The molecule has 1 aliphatic rings. The average molecular weight is 337 g/mol. The molecule has 0 aliphatic carbocycles. The molecule has 0 spiro atoms. The Morgan fingerprint density at radius 3 is 2.78 bits per heavy atom. The molecular formula is C14H15N3O5S. The van der Waals surface area contributed by atoms with Gasteiger partial charge in [-0.2, -0.15) is 5.10 Å². The zero-order valence-electron chi connectivity index (χ0n) is 12.5. The first-order chi connectivity index (χ1) is 11.0. The molecule has 2 rings (SSSR count). The summed E-state index contributed by atoms with van der Waals surface area (Å²) in [5.41, 5.74) is 0.739. The fraction of sp³-hybridized carbons (Fsp3) is 0.286. The zero-order valence-corrected chi connectivity index (χ0v) is 13.3. The van der Waals surface area contributed by atoms with Crippen molar-refractivity contribution < 1.29 is 24.2 Å².